The van der Waals surface area contributed by atoms with Crippen molar-refractivity contribution in [1.82, 2.24) is 0 Å². The average molecular weight is 423 g/mol. The number of nitrogens with zero attached hydrogens (tertiary/aromatic N) is 1. The first-order valence-electron chi connectivity index (χ1n) is 8.91. The minimum Gasteiger partial charge on any atom is -0.462 e. The summed E-state index contributed by atoms with van der Waals surface area (Å²) in [6, 6.07) is 3.66. The molecule has 0 aliphatic heterocycles. The van der Waals surface area contributed by atoms with Crippen molar-refractivity contribution >= 4 is 45.5 Å². The van der Waals surface area contributed by atoms with E-state index in [2.05, 4.69) is 12.2 Å². The molecule has 0 radical (unpaired) electrons. The van der Waals surface area contributed by atoms with Crippen LogP contribution in [-0.4, -0.2) is 23.4 Å². The summed E-state index contributed by atoms with van der Waals surface area (Å²) in [5.74, 6) is -0.897. The standard InChI is InChI=1S/C19H19ClN2O5S/c1-3-27-19(24)16-15-10(2)5-4-6-14(15)28-18(16)21-17(23)12-9-11(22(25)26)7-8-13(12)20/h7-10H,3-6H2,1-2H3,(H,21,23). The molecule has 3 rings (SSSR count). The zero-order valence-electron chi connectivity index (χ0n) is 15.4. The van der Waals surface area contributed by atoms with Crippen molar-refractivity contribution in [3.63, 3.8) is 0 Å². The Balaban J connectivity index is 2.00. The molecule has 0 saturated heterocycles. The number of nitro groups is 1. The van der Waals surface area contributed by atoms with Gasteiger partial charge in [0.05, 0.1) is 27.7 Å². The van der Waals surface area contributed by atoms with Crippen molar-refractivity contribution in [1.29, 1.82) is 0 Å². The van der Waals surface area contributed by atoms with Crippen LogP contribution < -0.4 is 5.32 Å². The molecule has 148 valence electrons. The maximum atomic E-state index is 12.8. The highest BCUT2D eigenvalue weighted by Gasteiger charge is 2.31. The molecule has 1 atom stereocenters. The van der Waals surface area contributed by atoms with Gasteiger partial charge in [0.1, 0.15) is 5.00 Å². The van der Waals surface area contributed by atoms with Crippen LogP contribution in [0.4, 0.5) is 10.7 Å². The number of thiophene rings is 1. The lowest BCUT2D eigenvalue weighted by Crippen LogP contribution is -2.17. The fourth-order valence-corrected chi connectivity index (χ4v) is 4.92. The molecule has 1 heterocycles. The van der Waals surface area contributed by atoms with Gasteiger partial charge in [-0.3, -0.25) is 14.9 Å². The lowest BCUT2D eigenvalue weighted by Gasteiger charge is -2.19. The third-order valence-corrected chi connectivity index (χ3v) is 6.18. The second-order valence-corrected chi connectivity index (χ2v) is 8.04. The second kappa shape index (κ2) is 8.28. The van der Waals surface area contributed by atoms with Crippen molar-refractivity contribution in [2.75, 3.05) is 11.9 Å². The van der Waals surface area contributed by atoms with E-state index in [1.165, 1.54) is 23.5 Å². The monoisotopic (exact) mass is 422 g/mol. The first-order valence-corrected chi connectivity index (χ1v) is 10.1. The smallest absolute Gasteiger partial charge is 0.341 e. The summed E-state index contributed by atoms with van der Waals surface area (Å²) in [6.07, 6.45) is 2.81. The number of halogens is 1. The molecule has 1 aliphatic rings. The summed E-state index contributed by atoms with van der Waals surface area (Å²) in [5.41, 5.74) is 1.04. The summed E-state index contributed by atoms with van der Waals surface area (Å²) in [6.45, 7) is 4.00. The van der Waals surface area contributed by atoms with Gasteiger partial charge < -0.3 is 10.1 Å². The third kappa shape index (κ3) is 3.88. The van der Waals surface area contributed by atoms with E-state index in [9.17, 15) is 19.7 Å². The lowest BCUT2D eigenvalue weighted by atomic mass is 9.86. The number of aryl methyl sites for hydroxylation is 1. The molecule has 0 spiro atoms. The zero-order chi connectivity index (χ0) is 20.4. The number of hydrogen-bond donors (Lipinski definition) is 1. The van der Waals surface area contributed by atoms with Gasteiger partial charge in [-0.2, -0.15) is 0 Å². The zero-order valence-corrected chi connectivity index (χ0v) is 17.0. The normalized spacial score (nSPS) is 15.6. The Bertz CT molecular complexity index is 956. The van der Waals surface area contributed by atoms with Crippen LogP contribution in [0.5, 0.6) is 0 Å². The van der Waals surface area contributed by atoms with Gasteiger partial charge in [0.15, 0.2) is 0 Å². The molecule has 1 aromatic heterocycles. The van der Waals surface area contributed by atoms with Crippen molar-refractivity contribution in [2.45, 2.75) is 39.0 Å². The number of carbonyl (C=O) groups is 2. The minimum atomic E-state index is -0.606. The maximum absolute atomic E-state index is 12.8. The van der Waals surface area contributed by atoms with Crippen LogP contribution in [0.15, 0.2) is 18.2 Å². The number of anilines is 1. The molecule has 1 aliphatic carbocycles. The van der Waals surface area contributed by atoms with Crippen LogP contribution in [0.3, 0.4) is 0 Å². The average Bonchev–Trinajstić information content (AvgIpc) is 3.01. The van der Waals surface area contributed by atoms with Gasteiger partial charge in [-0.05, 0) is 43.7 Å². The van der Waals surface area contributed by atoms with E-state index in [1.54, 1.807) is 6.92 Å². The highest BCUT2D eigenvalue weighted by molar-refractivity contribution is 7.17. The van der Waals surface area contributed by atoms with Crippen LogP contribution in [-0.2, 0) is 11.2 Å². The molecule has 0 bridgehead atoms. The van der Waals surface area contributed by atoms with E-state index in [0.717, 1.165) is 35.8 Å². The molecule has 28 heavy (non-hydrogen) atoms. The number of hydrogen-bond acceptors (Lipinski definition) is 6. The summed E-state index contributed by atoms with van der Waals surface area (Å²) >= 11 is 7.42. The first-order chi connectivity index (χ1) is 13.3. The molecule has 0 fully saturated rings. The summed E-state index contributed by atoms with van der Waals surface area (Å²) in [5, 5.41) is 14.2. The van der Waals surface area contributed by atoms with Gasteiger partial charge in [-0.15, -0.1) is 11.3 Å². The van der Waals surface area contributed by atoms with Gasteiger partial charge in [0.2, 0.25) is 0 Å². The maximum Gasteiger partial charge on any atom is 0.341 e. The lowest BCUT2D eigenvalue weighted by molar-refractivity contribution is -0.384. The molecule has 7 nitrogen and oxygen atoms in total. The second-order valence-electron chi connectivity index (χ2n) is 6.53. The number of esters is 1. The van der Waals surface area contributed by atoms with E-state index in [0.29, 0.717) is 10.6 Å². The molecule has 1 aromatic carbocycles. The van der Waals surface area contributed by atoms with E-state index in [4.69, 9.17) is 16.3 Å². The van der Waals surface area contributed by atoms with Crippen molar-refractivity contribution < 1.29 is 19.2 Å². The molecule has 2 aromatic rings. The summed E-state index contributed by atoms with van der Waals surface area (Å²) in [4.78, 5) is 36.8. The quantitative estimate of drug-likeness (QED) is 0.406. The van der Waals surface area contributed by atoms with Crippen molar-refractivity contribution in [3.8, 4) is 0 Å². The number of ether oxygens (including phenoxy) is 1. The number of rotatable bonds is 5. The molecule has 9 heteroatoms. The molecule has 0 saturated carbocycles. The number of nitro benzene ring substituents is 1. The number of non-ortho nitro benzene ring substituents is 1. The first kappa shape index (κ1) is 20.3. The van der Waals surface area contributed by atoms with Crippen molar-refractivity contribution in [3.05, 3.63) is 54.9 Å². The topological polar surface area (TPSA) is 98.5 Å². The third-order valence-electron chi connectivity index (χ3n) is 4.67. The highest BCUT2D eigenvalue weighted by atomic mass is 35.5. The Labute approximate surface area is 170 Å². The minimum absolute atomic E-state index is 0.0231. The predicted octanol–water partition coefficient (Wildman–Crippen LogP) is 5.18. The Morgan fingerprint density at radius 2 is 2.18 bits per heavy atom. The Morgan fingerprint density at radius 3 is 2.86 bits per heavy atom. The van der Waals surface area contributed by atoms with Crippen LogP contribution in [0.1, 0.15) is 63.8 Å². The van der Waals surface area contributed by atoms with E-state index >= 15 is 0 Å². The fourth-order valence-electron chi connectivity index (χ4n) is 3.38. The fraction of sp³-hybridized carbons (Fsp3) is 0.368. The Hall–Kier alpha value is -2.45. The number of carbonyl (C=O) groups excluding carboxylic acids is 2. The summed E-state index contributed by atoms with van der Waals surface area (Å²) in [7, 11) is 0. The molecular weight excluding hydrogens is 404 g/mol. The predicted molar refractivity (Wildman–Crippen MR) is 108 cm³/mol. The number of amides is 1. The van der Waals surface area contributed by atoms with Crippen LogP contribution in [0.25, 0.3) is 0 Å². The molecule has 1 amide bonds. The molecule has 1 N–H and O–H groups in total. The van der Waals surface area contributed by atoms with E-state index < -0.39 is 16.8 Å². The largest absolute Gasteiger partial charge is 0.462 e. The Morgan fingerprint density at radius 1 is 1.43 bits per heavy atom. The van der Waals surface area contributed by atoms with Gasteiger partial charge in [-0.25, -0.2) is 4.79 Å². The highest BCUT2D eigenvalue weighted by Crippen LogP contribution is 2.44. The van der Waals surface area contributed by atoms with Crippen LogP contribution >= 0.6 is 22.9 Å². The molecular formula is C19H19ClN2O5S. The Kier molecular flexibility index (Phi) is 6.00. The SMILES string of the molecule is CCOC(=O)c1c(NC(=O)c2cc([N+](=O)[O-])ccc2Cl)sc2c1C(C)CCC2. The van der Waals surface area contributed by atoms with Crippen LogP contribution in [0, 0.1) is 10.1 Å². The van der Waals surface area contributed by atoms with E-state index in [1.807, 2.05) is 0 Å². The van der Waals surface area contributed by atoms with E-state index in [-0.39, 0.29) is 28.8 Å². The van der Waals surface area contributed by atoms with Crippen molar-refractivity contribution in [2.24, 2.45) is 0 Å². The number of nitrogens with one attached hydrogen (secondary N) is 1. The molecule has 1 unspecified atom stereocenters. The van der Waals surface area contributed by atoms with Gasteiger partial charge in [0.25, 0.3) is 11.6 Å². The van der Waals surface area contributed by atoms with Gasteiger partial charge in [0, 0.05) is 17.0 Å². The number of benzene rings is 1. The summed E-state index contributed by atoms with van der Waals surface area (Å²) < 4.78 is 5.20. The van der Waals surface area contributed by atoms with Gasteiger partial charge in [-0.1, -0.05) is 18.5 Å². The number of fused-ring (bicyclic) bond motifs is 1. The van der Waals surface area contributed by atoms with Gasteiger partial charge >= 0.3 is 5.97 Å². The van der Waals surface area contributed by atoms with Crippen LogP contribution in [0.2, 0.25) is 5.02 Å².